The average Bonchev–Trinajstić information content (AvgIpc) is 3.26. The number of carbonyl (C=O) groups excluding carboxylic acids is 1. The number of nitrogens with zero attached hydrogens (tertiary/aromatic N) is 1. The smallest absolute Gasteiger partial charge is 0.269 e. The van der Waals surface area contributed by atoms with Gasteiger partial charge in [-0.05, 0) is 24.6 Å². The molecule has 1 aliphatic carbocycles. The molecule has 1 aromatic heterocycles. The van der Waals surface area contributed by atoms with Gasteiger partial charge in [-0.1, -0.05) is 23.7 Å². The van der Waals surface area contributed by atoms with E-state index < -0.39 is 0 Å². The highest BCUT2D eigenvalue weighted by molar-refractivity contribution is 6.30. The quantitative estimate of drug-likeness (QED) is 0.858. The summed E-state index contributed by atoms with van der Waals surface area (Å²) < 4.78 is 11.0. The Kier molecular flexibility index (Phi) is 4.50. The zero-order valence-electron chi connectivity index (χ0n) is 13.9. The molecule has 0 radical (unpaired) electrons. The lowest BCUT2D eigenvalue weighted by atomic mass is 9.67. The molecule has 2 fully saturated rings. The molecule has 6 nitrogen and oxygen atoms in total. The van der Waals surface area contributed by atoms with Crippen LogP contribution in [0.5, 0.6) is 0 Å². The summed E-state index contributed by atoms with van der Waals surface area (Å²) >= 11 is 5.91. The number of fused-ring (bicyclic) bond motifs is 1. The monoisotopic (exact) mass is 361 g/mol. The molecule has 1 aromatic carbocycles. The number of nitrogens with one attached hydrogen (secondary N) is 2. The third-order valence-electron chi connectivity index (χ3n) is 5.15. The average molecular weight is 362 g/mol. The summed E-state index contributed by atoms with van der Waals surface area (Å²) in [5.74, 6) is 0.437. The van der Waals surface area contributed by atoms with E-state index in [2.05, 4.69) is 15.5 Å². The molecule has 0 spiro atoms. The lowest BCUT2D eigenvalue weighted by molar-refractivity contribution is -0.0810. The summed E-state index contributed by atoms with van der Waals surface area (Å²) in [6.45, 7) is 1.35. The second-order valence-electron chi connectivity index (χ2n) is 6.58. The molecular formula is C18H20ClN3O3. The van der Waals surface area contributed by atoms with Crippen molar-refractivity contribution < 1.29 is 14.3 Å². The first kappa shape index (κ1) is 16.6. The lowest BCUT2D eigenvalue weighted by Crippen LogP contribution is -2.62. The highest BCUT2D eigenvalue weighted by atomic mass is 35.5. The number of amides is 1. The van der Waals surface area contributed by atoms with Crippen molar-refractivity contribution in [2.45, 2.75) is 18.6 Å². The van der Waals surface area contributed by atoms with E-state index in [1.165, 1.54) is 0 Å². The molecule has 1 amide bonds. The first-order chi connectivity index (χ1) is 12.2. The van der Waals surface area contributed by atoms with Crippen LogP contribution in [0.15, 0.2) is 30.3 Å². The van der Waals surface area contributed by atoms with Gasteiger partial charge in [0.05, 0.1) is 18.4 Å². The van der Waals surface area contributed by atoms with E-state index in [9.17, 15) is 4.79 Å². The van der Waals surface area contributed by atoms with Crippen molar-refractivity contribution in [2.75, 3.05) is 20.3 Å². The molecule has 0 bridgehead atoms. The van der Waals surface area contributed by atoms with Gasteiger partial charge in [-0.25, -0.2) is 0 Å². The number of hydrogen-bond acceptors (Lipinski definition) is 4. The number of carbonyl (C=O) groups is 1. The van der Waals surface area contributed by atoms with Crippen LogP contribution in [0, 0.1) is 11.8 Å². The molecule has 7 heteroatoms. The minimum atomic E-state index is -0.149. The third-order valence-corrected chi connectivity index (χ3v) is 5.40. The number of benzene rings is 1. The maximum atomic E-state index is 12.6. The number of methoxy groups -OCH3 is 1. The van der Waals surface area contributed by atoms with Crippen molar-refractivity contribution in [3.8, 4) is 11.3 Å². The van der Waals surface area contributed by atoms with Crippen LogP contribution in [0.4, 0.5) is 0 Å². The van der Waals surface area contributed by atoms with Crippen molar-refractivity contribution in [2.24, 2.45) is 11.8 Å². The molecule has 1 aliphatic heterocycles. The Hall–Kier alpha value is -1.89. The van der Waals surface area contributed by atoms with Crippen LogP contribution in [-0.4, -0.2) is 48.6 Å². The molecule has 2 aliphatic rings. The Balaban J connectivity index is 1.45. The van der Waals surface area contributed by atoms with Crippen molar-refractivity contribution in [3.05, 3.63) is 41.0 Å². The van der Waals surface area contributed by atoms with Gasteiger partial charge in [0.15, 0.2) is 0 Å². The van der Waals surface area contributed by atoms with E-state index in [0.29, 0.717) is 28.9 Å². The highest BCUT2D eigenvalue weighted by Crippen LogP contribution is 2.43. The summed E-state index contributed by atoms with van der Waals surface area (Å²) in [6.07, 6.45) is 1.19. The van der Waals surface area contributed by atoms with Crippen LogP contribution >= 0.6 is 11.6 Å². The van der Waals surface area contributed by atoms with Gasteiger partial charge in [0.25, 0.3) is 5.91 Å². The zero-order valence-corrected chi connectivity index (χ0v) is 14.6. The van der Waals surface area contributed by atoms with Crippen molar-refractivity contribution in [3.63, 3.8) is 0 Å². The Bertz CT molecular complexity index is 761. The fraction of sp³-hybridized carbons (Fsp3) is 0.444. The molecular weight excluding hydrogens is 342 g/mol. The standard InChI is InChI=1S/C18H20ClN3O3/c1-24-9-13-16(12-6-7-25-17(12)13)20-18(23)15-8-14(21-22-15)10-2-4-11(19)5-3-10/h2-5,8,12-13,16-17H,6-7,9H2,1H3,(H,20,23)(H,21,22). The summed E-state index contributed by atoms with van der Waals surface area (Å²) in [5.41, 5.74) is 2.07. The first-order valence-corrected chi connectivity index (χ1v) is 8.78. The minimum absolute atomic E-state index is 0.0854. The van der Waals surface area contributed by atoms with E-state index in [0.717, 1.165) is 18.6 Å². The Morgan fingerprint density at radius 2 is 2.24 bits per heavy atom. The summed E-state index contributed by atoms with van der Waals surface area (Å²) in [4.78, 5) is 12.6. The fourth-order valence-electron chi connectivity index (χ4n) is 3.87. The maximum Gasteiger partial charge on any atom is 0.269 e. The molecule has 1 saturated carbocycles. The number of H-pyrrole nitrogens is 1. The summed E-state index contributed by atoms with van der Waals surface area (Å²) in [7, 11) is 1.68. The van der Waals surface area contributed by atoms with Gasteiger partial charge < -0.3 is 14.8 Å². The SMILES string of the molecule is COCC1C(NC(=O)c2cc(-c3ccc(Cl)cc3)n[nH]2)C2CCOC21. The molecule has 25 heavy (non-hydrogen) atoms. The van der Waals surface area contributed by atoms with Crippen molar-refractivity contribution >= 4 is 17.5 Å². The molecule has 4 rings (SSSR count). The van der Waals surface area contributed by atoms with Gasteiger partial charge in [-0.2, -0.15) is 5.10 Å². The number of hydrogen-bond donors (Lipinski definition) is 2. The van der Waals surface area contributed by atoms with Crippen LogP contribution in [0.3, 0.4) is 0 Å². The summed E-state index contributed by atoms with van der Waals surface area (Å²) in [5, 5.41) is 10.8. The van der Waals surface area contributed by atoms with Crippen LogP contribution in [-0.2, 0) is 9.47 Å². The number of aromatic amines is 1. The van der Waals surface area contributed by atoms with Gasteiger partial charge in [0, 0.05) is 42.2 Å². The number of ether oxygens (including phenoxy) is 2. The molecule has 2 heterocycles. The van der Waals surface area contributed by atoms with E-state index in [1.54, 1.807) is 25.3 Å². The van der Waals surface area contributed by atoms with Crippen molar-refractivity contribution in [1.29, 1.82) is 0 Å². The van der Waals surface area contributed by atoms with Crippen LogP contribution in [0.1, 0.15) is 16.9 Å². The molecule has 4 atom stereocenters. The third kappa shape index (κ3) is 3.05. The second-order valence-corrected chi connectivity index (χ2v) is 7.02. The normalized spacial score (nSPS) is 27.6. The fourth-order valence-corrected chi connectivity index (χ4v) is 4.00. The van der Waals surface area contributed by atoms with E-state index in [4.69, 9.17) is 21.1 Å². The van der Waals surface area contributed by atoms with Crippen LogP contribution in [0.2, 0.25) is 5.02 Å². The topological polar surface area (TPSA) is 76.2 Å². The zero-order chi connectivity index (χ0) is 17.4. The Morgan fingerprint density at radius 3 is 3.00 bits per heavy atom. The molecule has 2 N–H and O–H groups in total. The predicted molar refractivity (Wildman–Crippen MR) is 93.5 cm³/mol. The predicted octanol–water partition coefficient (Wildman–Crippen LogP) is 2.51. The van der Waals surface area contributed by atoms with Crippen LogP contribution in [0.25, 0.3) is 11.3 Å². The molecule has 4 unspecified atom stereocenters. The van der Waals surface area contributed by atoms with Crippen molar-refractivity contribution in [1.82, 2.24) is 15.5 Å². The maximum absolute atomic E-state index is 12.6. The Labute approximate surface area is 150 Å². The highest BCUT2D eigenvalue weighted by Gasteiger charge is 2.54. The lowest BCUT2D eigenvalue weighted by Gasteiger charge is -2.47. The molecule has 132 valence electrons. The van der Waals surface area contributed by atoms with Gasteiger partial charge >= 0.3 is 0 Å². The van der Waals surface area contributed by atoms with Gasteiger partial charge in [-0.15, -0.1) is 0 Å². The largest absolute Gasteiger partial charge is 0.384 e. The van der Waals surface area contributed by atoms with Gasteiger partial charge in [0.2, 0.25) is 0 Å². The number of aromatic nitrogens is 2. The van der Waals surface area contributed by atoms with Gasteiger partial charge in [-0.3, -0.25) is 9.89 Å². The second kappa shape index (κ2) is 6.78. The van der Waals surface area contributed by atoms with Gasteiger partial charge in [0.1, 0.15) is 5.69 Å². The molecule has 2 aromatic rings. The first-order valence-electron chi connectivity index (χ1n) is 8.40. The summed E-state index contributed by atoms with van der Waals surface area (Å²) in [6, 6.07) is 9.19. The molecule has 1 saturated heterocycles. The minimum Gasteiger partial charge on any atom is -0.384 e. The number of rotatable bonds is 5. The Morgan fingerprint density at radius 1 is 1.44 bits per heavy atom. The number of halogens is 1. The van der Waals surface area contributed by atoms with E-state index in [-0.39, 0.29) is 24.0 Å². The van der Waals surface area contributed by atoms with E-state index in [1.807, 2.05) is 12.1 Å². The van der Waals surface area contributed by atoms with Crippen LogP contribution < -0.4 is 5.32 Å². The van der Waals surface area contributed by atoms with E-state index >= 15 is 0 Å².